The van der Waals surface area contributed by atoms with Crippen molar-refractivity contribution in [2.24, 2.45) is 0 Å². The van der Waals surface area contributed by atoms with E-state index in [1.165, 1.54) is 5.56 Å². The van der Waals surface area contributed by atoms with E-state index >= 15 is 0 Å². The average molecular weight is 347 g/mol. The number of carbonyl (C=O) groups excluding carboxylic acids is 1. The summed E-state index contributed by atoms with van der Waals surface area (Å²) >= 11 is 3.47. The van der Waals surface area contributed by atoms with Crippen LogP contribution in [0.1, 0.15) is 11.1 Å². The van der Waals surface area contributed by atoms with Crippen molar-refractivity contribution in [2.45, 2.75) is 13.0 Å². The van der Waals surface area contributed by atoms with Crippen molar-refractivity contribution in [2.75, 3.05) is 19.4 Å². The molecule has 21 heavy (non-hydrogen) atoms. The first kappa shape index (κ1) is 15.6. The number of likely N-dealkylation sites (N-methyl/N-ethyl adjacent to an activating group) is 1. The van der Waals surface area contributed by atoms with Crippen molar-refractivity contribution >= 4 is 27.5 Å². The first-order valence-electron chi connectivity index (χ1n) is 6.82. The van der Waals surface area contributed by atoms with E-state index in [1.54, 1.807) is 19.0 Å². The van der Waals surface area contributed by atoms with Crippen molar-refractivity contribution in [3.8, 4) is 0 Å². The number of rotatable bonds is 5. The van der Waals surface area contributed by atoms with E-state index < -0.39 is 0 Å². The number of nitrogens with zero attached hydrogens (tertiary/aromatic N) is 1. The molecule has 1 N–H and O–H groups in total. The van der Waals surface area contributed by atoms with Gasteiger partial charge in [0.2, 0.25) is 5.91 Å². The van der Waals surface area contributed by atoms with Gasteiger partial charge in [-0.15, -0.1) is 0 Å². The number of halogens is 1. The Balaban J connectivity index is 1.92. The first-order chi connectivity index (χ1) is 10.0. The lowest BCUT2D eigenvalue weighted by Gasteiger charge is -2.11. The summed E-state index contributed by atoms with van der Waals surface area (Å²) in [5, 5.41) is 3.38. The maximum atomic E-state index is 11.6. The molecule has 0 heterocycles. The molecule has 2 rings (SSSR count). The van der Waals surface area contributed by atoms with Gasteiger partial charge in [-0.05, 0) is 35.4 Å². The summed E-state index contributed by atoms with van der Waals surface area (Å²) in [6.45, 7) is 0.773. The van der Waals surface area contributed by atoms with Gasteiger partial charge in [0, 0.05) is 30.8 Å². The molecule has 0 aliphatic carbocycles. The van der Waals surface area contributed by atoms with Gasteiger partial charge in [-0.1, -0.05) is 40.2 Å². The second kappa shape index (κ2) is 7.27. The zero-order valence-electron chi connectivity index (χ0n) is 12.3. The third-order valence-corrected chi connectivity index (χ3v) is 3.69. The second-order valence-corrected chi connectivity index (χ2v) is 6.06. The Morgan fingerprint density at radius 1 is 1.10 bits per heavy atom. The van der Waals surface area contributed by atoms with E-state index in [2.05, 4.69) is 33.4 Å². The molecule has 0 bridgehead atoms. The average Bonchev–Trinajstić information content (AvgIpc) is 2.46. The SMILES string of the molecule is CN(C)C(=O)Cc1ccc(NCc2cccc(Br)c2)cc1. The van der Waals surface area contributed by atoms with Crippen molar-refractivity contribution in [3.05, 3.63) is 64.1 Å². The maximum absolute atomic E-state index is 11.6. The fourth-order valence-electron chi connectivity index (χ4n) is 1.92. The quantitative estimate of drug-likeness (QED) is 0.895. The largest absolute Gasteiger partial charge is 0.381 e. The van der Waals surface area contributed by atoms with Gasteiger partial charge in [0.25, 0.3) is 0 Å². The van der Waals surface area contributed by atoms with E-state index in [-0.39, 0.29) is 5.91 Å². The topological polar surface area (TPSA) is 32.3 Å². The highest BCUT2D eigenvalue weighted by Crippen LogP contribution is 2.15. The number of carbonyl (C=O) groups is 1. The van der Waals surface area contributed by atoms with Gasteiger partial charge in [-0.3, -0.25) is 4.79 Å². The Bertz CT molecular complexity index is 608. The molecular formula is C17H19BrN2O. The van der Waals surface area contributed by atoms with E-state index in [9.17, 15) is 4.79 Å². The third-order valence-electron chi connectivity index (χ3n) is 3.19. The molecule has 3 nitrogen and oxygen atoms in total. The Hall–Kier alpha value is -1.81. The van der Waals surface area contributed by atoms with Crippen molar-refractivity contribution in [1.82, 2.24) is 4.90 Å². The normalized spacial score (nSPS) is 10.2. The van der Waals surface area contributed by atoms with Crippen LogP contribution in [0.2, 0.25) is 0 Å². The molecular weight excluding hydrogens is 328 g/mol. The van der Waals surface area contributed by atoms with Crippen molar-refractivity contribution in [3.63, 3.8) is 0 Å². The zero-order chi connectivity index (χ0) is 15.2. The Morgan fingerprint density at radius 2 is 1.81 bits per heavy atom. The number of nitrogens with one attached hydrogen (secondary N) is 1. The standard InChI is InChI=1S/C17H19BrN2O/c1-20(2)17(21)11-13-6-8-16(9-7-13)19-12-14-4-3-5-15(18)10-14/h3-10,19H,11-12H2,1-2H3. The molecule has 0 aromatic heterocycles. The molecule has 2 aromatic rings. The highest BCUT2D eigenvalue weighted by atomic mass is 79.9. The van der Waals surface area contributed by atoms with Crippen LogP contribution >= 0.6 is 15.9 Å². The highest BCUT2D eigenvalue weighted by Gasteiger charge is 2.05. The van der Waals surface area contributed by atoms with Gasteiger partial charge < -0.3 is 10.2 Å². The maximum Gasteiger partial charge on any atom is 0.226 e. The molecule has 2 aromatic carbocycles. The van der Waals surface area contributed by atoms with Gasteiger partial charge in [-0.2, -0.15) is 0 Å². The predicted molar refractivity (Wildman–Crippen MR) is 90.3 cm³/mol. The zero-order valence-corrected chi connectivity index (χ0v) is 13.9. The molecule has 110 valence electrons. The van der Waals surface area contributed by atoms with Gasteiger partial charge in [-0.25, -0.2) is 0 Å². The molecule has 0 unspecified atom stereocenters. The summed E-state index contributed by atoms with van der Waals surface area (Å²) in [4.78, 5) is 13.3. The minimum atomic E-state index is 0.116. The van der Waals surface area contributed by atoms with Crippen molar-refractivity contribution < 1.29 is 4.79 Å². The monoisotopic (exact) mass is 346 g/mol. The number of amides is 1. The van der Waals surface area contributed by atoms with Crippen LogP contribution in [-0.2, 0) is 17.8 Å². The summed E-state index contributed by atoms with van der Waals surface area (Å²) in [6, 6.07) is 16.2. The number of hydrogen-bond donors (Lipinski definition) is 1. The molecule has 0 spiro atoms. The molecule has 0 aliphatic rings. The van der Waals surface area contributed by atoms with Crippen LogP contribution < -0.4 is 5.32 Å². The number of hydrogen-bond acceptors (Lipinski definition) is 2. The molecule has 1 amide bonds. The molecule has 0 atom stereocenters. The van der Waals surface area contributed by atoms with Crippen molar-refractivity contribution in [1.29, 1.82) is 0 Å². The second-order valence-electron chi connectivity index (χ2n) is 5.15. The Morgan fingerprint density at radius 3 is 2.43 bits per heavy atom. The van der Waals surface area contributed by atoms with Crippen LogP contribution in [0.4, 0.5) is 5.69 Å². The van der Waals surface area contributed by atoms with E-state index in [4.69, 9.17) is 0 Å². The van der Waals surface area contributed by atoms with E-state index in [0.717, 1.165) is 22.3 Å². The summed E-state index contributed by atoms with van der Waals surface area (Å²) in [5.41, 5.74) is 3.30. The lowest BCUT2D eigenvalue weighted by atomic mass is 10.1. The lowest BCUT2D eigenvalue weighted by molar-refractivity contribution is -0.127. The van der Waals surface area contributed by atoms with Gasteiger partial charge in [0.15, 0.2) is 0 Å². The minimum absolute atomic E-state index is 0.116. The molecule has 0 saturated carbocycles. The summed E-state index contributed by atoms with van der Waals surface area (Å²) in [7, 11) is 3.55. The molecule has 0 fully saturated rings. The highest BCUT2D eigenvalue weighted by molar-refractivity contribution is 9.10. The van der Waals surface area contributed by atoms with Crippen LogP contribution in [0.5, 0.6) is 0 Å². The Labute approximate surface area is 134 Å². The minimum Gasteiger partial charge on any atom is -0.381 e. The molecule has 4 heteroatoms. The van der Waals surface area contributed by atoms with Crippen LogP contribution in [0.3, 0.4) is 0 Å². The van der Waals surface area contributed by atoms with Gasteiger partial charge >= 0.3 is 0 Å². The smallest absolute Gasteiger partial charge is 0.226 e. The fraction of sp³-hybridized carbons (Fsp3) is 0.235. The first-order valence-corrected chi connectivity index (χ1v) is 7.61. The van der Waals surface area contributed by atoms with E-state index in [1.807, 2.05) is 36.4 Å². The van der Waals surface area contributed by atoms with E-state index in [0.29, 0.717) is 6.42 Å². The third kappa shape index (κ3) is 4.90. The van der Waals surface area contributed by atoms with Gasteiger partial charge in [0.05, 0.1) is 6.42 Å². The number of anilines is 1. The van der Waals surface area contributed by atoms with Crippen LogP contribution in [0.25, 0.3) is 0 Å². The van der Waals surface area contributed by atoms with Crippen LogP contribution in [-0.4, -0.2) is 24.9 Å². The van der Waals surface area contributed by atoms with Crippen LogP contribution in [0.15, 0.2) is 53.0 Å². The molecule has 0 saturated heterocycles. The summed E-state index contributed by atoms with van der Waals surface area (Å²) < 4.78 is 1.08. The molecule has 0 aliphatic heterocycles. The van der Waals surface area contributed by atoms with Gasteiger partial charge in [0.1, 0.15) is 0 Å². The summed E-state index contributed by atoms with van der Waals surface area (Å²) in [6.07, 6.45) is 0.443. The fourth-order valence-corrected chi connectivity index (χ4v) is 2.37. The number of benzene rings is 2. The Kier molecular flexibility index (Phi) is 5.39. The predicted octanol–water partition coefficient (Wildman–Crippen LogP) is 3.69. The lowest BCUT2D eigenvalue weighted by Crippen LogP contribution is -2.23. The van der Waals surface area contributed by atoms with Crippen LogP contribution in [0, 0.1) is 0 Å². The summed E-state index contributed by atoms with van der Waals surface area (Å²) in [5.74, 6) is 0.116. The molecule has 0 radical (unpaired) electrons.